The number of anilines is 1. The van der Waals surface area contributed by atoms with E-state index < -0.39 is 37.2 Å². The fourth-order valence-corrected chi connectivity index (χ4v) is 7.64. The van der Waals surface area contributed by atoms with E-state index in [4.69, 9.17) is 9.47 Å². The van der Waals surface area contributed by atoms with Crippen LogP contribution in [0.15, 0.2) is 36.4 Å². The highest BCUT2D eigenvalue weighted by Gasteiger charge is 2.42. The first-order valence-corrected chi connectivity index (χ1v) is 16.8. The maximum Gasteiger partial charge on any atom is 0.576 e. The molecule has 1 saturated carbocycles. The lowest BCUT2D eigenvalue weighted by atomic mass is 9.82. The van der Waals surface area contributed by atoms with Gasteiger partial charge < -0.3 is 24.0 Å². The minimum atomic E-state index is -5.20. The number of thiophene rings is 1. The minimum Gasteiger partial charge on any atom is -0.426 e. The molecule has 264 valence electrons. The lowest BCUT2D eigenvalue weighted by molar-refractivity contribution is -0.295. The zero-order chi connectivity index (χ0) is 33.7. The molecule has 2 amide bonds. The van der Waals surface area contributed by atoms with Crippen LogP contribution in [-0.4, -0.2) is 85.7 Å². The number of likely N-dealkylation sites (tertiary alicyclic amines) is 2. The number of carbonyl (C=O) groups excluding carboxylic acids is 4. The molecule has 15 heteroatoms. The number of alkyl halides is 3. The monoisotopic (exact) mass is 715 g/mol. The van der Waals surface area contributed by atoms with Gasteiger partial charge in [0.15, 0.2) is 0 Å². The minimum absolute atomic E-state index is 0. The van der Waals surface area contributed by atoms with Gasteiger partial charge >= 0.3 is 24.4 Å². The van der Waals surface area contributed by atoms with Gasteiger partial charge in [0.2, 0.25) is 12.7 Å². The molecule has 0 N–H and O–H groups in total. The van der Waals surface area contributed by atoms with Crippen molar-refractivity contribution in [2.75, 3.05) is 38.4 Å². The molecule has 1 unspecified atom stereocenters. The summed E-state index contributed by atoms with van der Waals surface area (Å²) in [6.45, 7) is 2.86. The summed E-state index contributed by atoms with van der Waals surface area (Å²) in [6.07, 6.45) is -1.59. The molecule has 0 bridgehead atoms. The molecule has 1 aliphatic carbocycles. The van der Waals surface area contributed by atoms with Gasteiger partial charge in [0.25, 0.3) is 0 Å². The summed E-state index contributed by atoms with van der Waals surface area (Å²) in [5, 5.41) is 0. The van der Waals surface area contributed by atoms with Crippen LogP contribution in [0.25, 0.3) is 10.4 Å². The average Bonchev–Trinajstić information content (AvgIpc) is 3.71. The molecular weight excluding hydrogens is 675 g/mol. The van der Waals surface area contributed by atoms with E-state index in [0.717, 1.165) is 62.1 Å². The van der Waals surface area contributed by atoms with Gasteiger partial charge in [-0.05, 0) is 89.1 Å². The number of nitrogens with zero attached hydrogens (tertiary/aromatic N) is 3. The highest BCUT2D eigenvalue weighted by atomic mass is 35.5. The Kier molecular flexibility index (Phi) is 12.8. The Labute approximate surface area is 287 Å². The molecule has 2 saturated heterocycles. The predicted molar refractivity (Wildman–Crippen MR) is 175 cm³/mol. The number of amides is 2. The molecule has 10 nitrogen and oxygen atoms in total. The Morgan fingerprint density at radius 1 is 0.938 bits per heavy atom. The summed E-state index contributed by atoms with van der Waals surface area (Å²) in [5.41, 5.74) is 1.32. The summed E-state index contributed by atoms with van der Waals surface area (Å²) in [4.78, 5) is 58.3. The Morgan fingerprint density at radius 3 is 2.25 bits per heavy atom. The largest absolute Gasteiger partial charge is 0.576 e. The van der Waals surface area contributed by atoms with Crippen LogP contribution in [0.4, 0.5) is 23.7 Å². The van der Waals surface area contributed by atoms with Crippen molar-refractivity contribution in [3.63, 3.8) is 0 Å². The lowest BCUT2D eigenvalue weighted by Gasteiger charge is -2.40. The van der Waals surface area contributed by atoms with Crippen LogP contribution in [0.1, 0.15) is 68.0 Å². The van der Waals surface area contributed by atoms with E-state index in [1.165, 1.54) is 11.3 Å². The number of benzene rings is 1. The third kappa shape index (κ3) is 9.20. The van der Waals surface area contributed by atoms with Gasteiger partial charge in [-0.3, -0.25) is 9.69 Å². The SMILES string of the molecule is CC1CCC(C(=O)N(c2cc(-c3ccccc3)sc2C(=O)OCOC(=O)C2CCCN2C(=O)OC(F)(F)F)C2CCN(C)CC2)CC1.Cl. The van der Waals surface area contributed by atoms with Crippen LogP contribution in [0, 0.1) is 11.8 Å². The van der Waals surface area contributed by atoms with Gasteiger partial charge in [0.05, 0.1) is 5.69 Å². The zero-order valence-corrected chi connectivity index (χ0v) is 28.5. The van der Waals surface area contributed by atoms with E-state index in [1.807, 2.05) is 48.3 Å². The normalized spacial score (nSPS) is 22.0. The average molecular weight is 716 g/mol. The van der Waals surface area contributed by atoms with Crippen molar-refractivity contribution in [2.24, 2.45) is 11.8 Å². The fourth-order valence-electron chi connectivity index (χ4n) is 6.59. The number of hydrogen-bond acceptors (Lipinski definition) is 9. The maximum absolute atomic E-state index is 14.3. The van der Waals surface area contributed by atoms with E-state index in [1.54, 1.807) is 0 Å². The van der Waals surface area contributed by atoms with Gasteiger partial charge in [0, 0.05) is 23.4 Å². The van der Waals surface area contributed by atoms with Crippen LogP contribution in [0.3, 0.4) is 0 Å². The quantitative estimate of drug-likeness (QED) is 0.216. The van der Waals surface area contributed by atoms with Crippen LogP contribution < -0.4 is 4.90 Å². The molecule has 0 radical (unpaired) electrons. The highest BCUT2D eigenvalue weighted by molar-refractivity contribution is 7.18. The van der Waals surface area contributed by atoms with Crippen LogP contribution in [0.2, 0.25) is 0 Å². The molecule has 2 aliphatic heterocycles. The van der Waals surface area contributed by atoms with Crippen molar-refractivity contribution in [2.45, 2.75) is 76.7 Å². The van der Waals surface area contributed by atoms with Crippen molar-refractivity contribution in [3.05, 3.63) is 41.3 Å². The standard InChI is InChI=1S/C33H40F3N3O7S.ClH/c1-21-10-12-23(13-11-21)29(40)39(24-14-17-37(2)18-15-24)26-19-27(22-7-4-3-5-8-22)47-28(26)31(42)45-20-44-30(41)25-9-6-16-38(25)32(43)46-33(34,35)36;/h3-5,7-8,19,21,23-25H,6,9-18,20H2,1-2H3;1H. The van der Waals surface area contributed by atoms with Gasteiger partial charge in [-0.15, -0.1) is 36.9 Å². The summed E-state index contributed by atoms with van der Waals surface area (Å²) in [7, 11) is 2.04. The van der Waals surface area contributed by atoms with E-state index >= 15 is 0 Å². The molecule has 0 spiro atoms. The fraction of sp³-hybridized carbons (Fsp3) is 0.576. The first-order chi connectivity index (χ1) is 22.4. The Hall–Kier alpha value is -3.36. The molecule has 1 atom stereocenters. The van der Waals surface area contributed by atoms with Crippen molar-refractivity contribution in [1.29, 1.82) is 0 Å². The van der Waals surface area contributed by atoms with Crippen LogP contribution in [0.5, 0.6) is 0 Å². The van der Waals surface area contributed by atoms with Gasteiger partial charge in [-0.25, -0.2) is 14.4 Å². The molecule has 5 rings (SSSR count). The second-order valence-corrected chi connectivity index (χ2v) is 13.6. The Balaban J connectivity index is 0.00000520. The van der Waals surface area contributed by atoms with E-state index in [9.17, 15) is 32.3 Å². The third-order valence-corrected chi connectivity index (χ3v) is 10.4. The first-order valence-electron chi connectivity index (χ1n) is 16.0. The molecule has 3 heterocycles. The molecule has 3 aliphatic rings. The summed E-state index contributed by atoms with van der Waals surface area (Å²) >= 11 is 1.18. The molecule has 48 heavy (non-hydrogen) atoms. The highest BCUT2D eigenvalue weighted by Crippen LogP contribution is 2.41. The van der Waals surface area contributed by atoms with Gasteiger partial charge in [0.1, 0.15) is 10.9 Å². The topological polar surface area (TPSA) is 106 Å². The van der Waals surface area contributed by atoms with E-state index in [2.05, 4.69) is 16.6 Å². The van der Waals surface area contributed by atoms with Gasteiger partial charge in [-0.2, -0.15) is 0 Å². The second-order valence-electron chi connectivity index (χ2n) is 12.6. The summed E-state index contributed by atoms with van der Waals surface area (Å²) in [6, 6.07) is 9.90. The molecule has 2 aromatic rings. The maximum atomic E-state index is 14.3. The Bertz CT molecular complexity index is 1430. The van der Waals surface area contributed by atoms with Crippen LogP contribution >= 0.6 is 23.7 Å². The van der Waals surface area contributed by atoms with Crippen molar-refractivity contribution in [3.8, 4) is 10.4 Å². The number of piperidine rings is 1. The first kappa shape index (κ1) is 37.5. The van der Waals surface area contributed by atoms with E-state index in [-0.39, 0.29) is 54.5 Å². The Morgan fingerprint density at radius 2 is 1.60 bits per heavy atom. The number of esters is 2. The number of carbonyl (C=O) groups is 4. The van der Waals surface area contributed by atoms with Crippen molar-refractivity contribution < 1.29 is 46.6 Å². The molecule has 3 fully saturated rings. The van der Waals surface area contributed by atoms with Crippen molar-refractivity contribution in [1.82, 2.24) is 9.80 Å². The zero-order valence-electron chi connectivity index (χ0n) is 26.9. The smallest absolute Gasteiger partial charge is 0.426 e. The molecule has 1 aromatic heterocycles. The second kappa shape index (κ2) is 16.4. The van der Waals surface area contributed by atoms with E-state index in [0.29, 0.717) is 16.5 Å². The predicted octanol–water partition coefficient (Wildman–Crippen LogP) is 6.87. The summed E-state index contributed by atoms with van der Waals surface area (Å²) < 4.78 is 51.7. The summed E-state index contributed by atoms with van der Waals surface area (Å²) in [5.74, 6) is -1.42. The lowest BCUT2D eigenvalue weighted by Crippen LogP contribution is -2.49. The number of halogens is 4. The molecule has 1 aromatic carbocycles. The number of ether oxygens (including phenoxy) is 3. The van der Waals surface area contributed by atoms with Gasteiger partial charge in [-0.1, -0.05) is 37.3 Å². The molecular formula is C33H41ClF3N3O7S. The third-order valence-electron chi connectivity index (χ3n) is 9.23. The van der Waals surface area contributed by atoms with Crippen molar-refractivity contribution >= 4 is 53.4 Å². The number of rotatable bonds is 8. The van der Waals surface area contributed by atoms with Crippen LogP contribution in [-0.2, 0) is 23.8 Å². The number of hydrogen-bond donors (Lipinski definition) is 0.